The van der Waals surface area contributed by atoms with E-state index in [4.69, 9.17) is 0 Å². The molecule has 0 aromatic heterocycles. The minimum Gasteiger partial charge on any atom is -0.300 e. The number of piperidine rings is 1. The van der Waals surface area contributed by atoms with Crippen molar-refractivity contribution < 1.29 is 4.79 Å². The van der Waals surface area contributed by atoms with Crippen molar-refractivity contribution in [1.82, 2.24) is 4.90 Å². The van der Waals surface area contributed by atoms with Gasteiger partial charge in [0.2, 0.25) is 0 Å². The molecule has 2 atom stereocenters. The van der Waals surface area contributed by atoms with Crippen LogP contribution in [0.4, 0.5) is 0 Å². The highest BCUT2D eigenvalue weighted by atomic mass is 16.1. The Balaban J connectivity index is 1.56. The van der Waals surface area contributed by atoms with Crippen molar-refractivity contribution in [3.8, 4) is 0 Å². The van der Waals surface area contributed by atoms with Gasteiger partial charge in [0.05, 0.1) is 0 Å². The molecule has 20 heavy (non-hydrogen) atoms. The molecule has 1 aliphatic carbocycles. The zero-order valence-electron chi connectivity index (χ0n) is 12.3. The van der Waals surface area contributed by atoms with Crippen LogP contribution < -0.4 is 0 Å². The number of likely N-dealkylation sites (tertiary alicyclic amines) is 1. The van der Waals surface area contributed by atoms with Crippen LogP contribution in [0.15, 0.2) is 30.3 Å². The number of hydrogen-bond acceptors (Lipinski definition) is 2. The summed E-state index contributed by atoms with van der Waals surface area (Å²) in [5, 5.41) is 0. The van der Waals surface area contributed by atoms with E-state index in [1.54, 1.807) is 0 Å². The largest absolute Gasteiger partial charge is 0.300 e. The van der Waals surface area contributed by atoms with Crippen LogP contribution in [0.25, 0.3) is 0 Å². The van der Waals surface area contributed by atoms with E-state index >= 15 is 0 Å². The number of nitrogens with zero attached hydrogens (tertiary/aromatic N) is 1. The average Bonchev–Trinajstić information content (AvgIpc) is 2.53. The summed E-state index contributed by atoms with van der Waals surface area (Å²) >= 11 is 0. The fourth-order valence-electron chi connectivity index (χ4n) is 4.02. The smallest absolute Gasteiger partial charge is 0.164 e. The summed E-state index contributed by atoms with van der Waals surface area (Å²) in [5.74, 6) is 1.20. The predicted molar refractivity (Wildman–Crippen MR) is 81.9 cm³/mol. The molecule has 1 aromatic rings. The lowest BCUT2D eigenvalue weighted by Gasteiger charge is -2.44. The van der Waals surface area contributed by atoms with Crippen LogP contribution in [0.1, 0.15) is 55.3 Å². The molecule has 0 bridgehead atoms. The van der Waals surface area contributed by atoms with Gasteiger partial charge in [0.15, 0.2) is 5.78 Å². The SMILES string of the molecule is O=C(CCN1CCCC2CCCCC21)c1ccccc1. The molecule has 1 heterocycles. The van der Waals surface area contributed by atoms with Crippen LogP contribution in [0.3, 0.4) is 0 Å². The summed E-state index contributed by atoms with van der Waals surface area (Å²) in [4.78, 5) is 14.8. The molecule has 2 heteroatoms. The molecule has 108 valence electrons. The van der Waals surface area contributed by atoms with Crippen LogP contribution >= 0.6 is 0 Å². The third-order valence-corrected chi connectivity index (χ3v) is 5.08. The molecular weight excluding hydrogens is 246 g/mol. The lowest BCUT2D eigenvalue weighted by atomic mass is 9.78. The Morgan fingerprint density at radius 3 is 2.65 bits per heavy atom. The van der Waals surface area contributed by atoms with Crippen molar-refractivity contribution in [3.05, 3.63) is 35.9 Å². The van der Waals surface area contributed by atoms with Gasteiger partial charge in [-0.05, 0) is 38.1 Å². The van der Waals surface area contributed by atoms with E-state index in [0.29, 0.717) is 12.2 Å². The number of ketones is 1. The molecule has 0 amide bonds. The summed E-state index contributed by atoms with van der Waals surface area (Å²) in [6.07, 6.45) is 8.96. The van der Waals surface area contributed by atoms with Crippen molar-refractivity contribution >= 4 is 5.78 Å². The van der Waals surface area contributed by atoms with E-state index in [1.807, 2.05) is 30.3 Å². The van der Waals surface area contributed by atoms with Gasteiger partial charge in [-0.15, -0.1) is 0 Å². The van der Waals surface area contributed by atoms with E-state index in [1.165, 1.54) is 45.1 Å². The number of benzene rings is 1. The normalized spacial score (nSPS) is 27.0. The van der Waals surface area contributed by atoms with Gasteiger partial charge in [0.25, 0.3) is 0 Å². The predicted octanol–water partition coefficient (Wildman–Crippen LogP) is 3.91. The molecule has 1 aliphatic heterocycles. The molecule has 0 radical (unpaired) electrons. The first kappa shape index (κ1) is 13.8. The molecule has 0 spiro atoms. The molecule has 0 N–H and O–H groups in total. The minimum atomic E-state index is 0.295. The molecule has 3 rings (SSSR count). The topological polar surface area (TPSA) is 20.3 Å². The maximum Gasteiger partial charge on any atom is 0.164 e. The lowest BCUT2D eigenvalue weighted by Crippen LogP contribution is -2.47. The molecule has 2 aliphatic rings. The van der Waals surface area contributed by atoms with Crippen molar-refractivity contribution in [2.24, 2.45) is 5.92 Å². The number of carbonyl (C=O) groups is 1. The average molecular weight is 271 g/mol. The van der Waals surface area contributed by atoms with Gasteiger partial charge in [-0.2, -0.15) is 0 Å². The van der Waals surface area contributed by atoms with E-state index < -0.39 is 0 Å². The Bertz CT molecular complexity index is 440. The first-order valence-electron chi connectivity index (χ1n) is 8.17. The second-order valence-electron chi connectivity index (χ2n) is 6.33. The Labute approximate surface area is 122 Å². The maximum atomic E-state index is 12.2. The summed E-state index contributed by atoms with van der Waals surface area (Å²) in [6.45, 7) is 2.15. The molecule has 2 fully saturated rings. The maximum absolute atomic E-state index is 12.2. The van der Waals surface area contributed by atoms with Gasteiger partial charge in [0.1, 0.15) is 0 Å². The highest BCUT2D eigenvalue weighted by molar-refractivity contribution is 5.96. The number of hydrogen-bond donors (Lipinski definition) is 0. The van der Waals surface area contributed by atoms with E-state index in [9.17, 15) is 4.79 Å². The van der Waals surface area contributed by atoms with Crippen LogP contribution in [0.2, 0.25) is 0 Å². The summed E-state index contributed by atoms with van der Waals surface area (Å²) in [7, 11) is 0. The molecule has 1 saturated carbocycles. The van der Waals surface area contributed by atoms with Gasteiger partial charge in [-0.3, -0.25) is 9.69 Å². The van der Waals surface area contributed by atoms with Crippen LogP contribution in [-0.2, 0) is 0 Å². The third kappa shape index (κ3) is 3.12. The molecule has 2 nitrogen and oxygen atoms in total. The number of fused-ring (bicyclic) bond motifs is 1. The molecule has 2 unspecified atom stereocenters. The lowest BCUT2D eigenvalue weighted by molar-refractivity contribution is 0.0575. The number of rotatable bonds is 4. The van der Waals surface area contributed by atoms with Gasteiger partial charge < -0.3 is 0 Å². The highest BCUT2D eigenvalue weighted by Gasteiger charge is 2.32. The van der Waals surface area contributed by atoms with E-state index in [0.717, 1.165) is 24.1 Å². The first-order valence-corrected chi connectivity index (χ1v) is 8.17. The van der Waals surface area contributed by atoms with Crippen molar-refractivity contribution in [2.75, 3.05) is 13.1 Å². The van der Waals surface area contributed by atoms with Crippen molar-refractivity contribution in [2.45, 2.75) is 51.0 Å². The van der Waals surface area contributed by atoms with Crippen molar-refractivity contribution in [1.29, 1.82) is 0 Å². The highest BCUT2D eigenvalue weighted by Crippen LogP contribution is 2.35. The van der Waals surface area contributed by atoms with Gasteiger partial charge in [-0.1, -0.05) is 43.2 Å². The quantitative estimate of drug-likeness (QED) is 0.774. The Hall–Kier alpha value is -1.15. The Kier molecular flexibility index (Phi) is 4.51. The number of Topliss-reactive ketones (excluding diaryl/α,β-unsaturated/α-hetero) is 1. The Morgan fingerprint density at radius 2 is 1.80 bits per heavy atom. The van der Waals surface area contributed by atoms with Gasteiger partial charge in [0, 0.05) is 24.6 Å². The summed E-state index contributed by atoms with van der Waals surface area (Å²) in [6, 6.07) is 10.5. The second kappa shape index (κ2) is 6.53. The van der Waals surface area contributed by atoms with Crippen LogP contribution in [-0.4, -0.2) is 29.8 Å². The van der Waals surface area contributed by atoms with E-state index in [2.05, 4.69) is 4.90 Å². The molecule has 1 saturated heterocycles. The molecule has 1 aromatic carbocycles. The van der Waals surface area contributed by atoms with Gasteiger partial charge in [-0.25, -0.2) is 0 Å². The second-order valence-corrected chi connectivity index (χ2v) is 6.33. The minimum absolute atomic E-state index is 0.295. The van der Waals surface area contributed by atoms with Gasteiger partial charge >= 0.3 is 0 Å². The number of carbonyl (C=O) groups excluding carboxylic acids is 1. The Morgan fingerprint density at radius 1 is 1.05 bits per heavy atom. The fourth-order valence-corrected chi connectivity index (χ4v) is 4.02. The van der Waals surface area contributed by atoms with Crippen LogP contribution in [0.5, 0.6) is 0 Å². The fraction of sp³-hybridized carbons (Fsp3) is 0.611. The zero-order valence-corrected chi connectivity index (χ0v) is 12.3. The van der Waals surface area contributed by atoms with E-state index in [-0.39, 0.29) is 0 Å². The summed E-state index contributed by atoms with van der Waals surface area (Å²) < 4.78 is 0. The monoisotopic (exact) mass is 271 g/mol. The zero-order chi connectivity index (χ0) is 13.8. The van der Waals surface area contributed by atoms with Crippen LogP contribution in [0, 0.1) is 5.92 Å². The van der Waals surface area contributed by atoms with Crippen molar-refractivity contribution in [3.63, 3.8) is 0 Å². The molecular formula is C18H25NO. The third-order valence-electron chi connectivity index (χ3n) is 5.08. The summed E-state index contributed by atoms with van der Waals surface area (Å²) in [5.41, 5.74) is 0.865. The first-order chi connectivity index (χ1) is 9.84. The standard InChI is InChI=1S/C18H25NO/c20-18(16-8-2-1-3-9-16)12-14-19-13-6-10-15-7-4-5-11-17(15)19/h1-3,8-9,15,17H,4-7,10-14H2.